The summed E-state index contributed by atoms with van der Waals surface area (Å²) in [7, 11) is 1.90. The van der Waals surface area contributed by atoms with Crippen molar-refractivity contribution in [3.8, 4) is 16.2 Å². The first-order valence-electron chi connectivity index (χ1n) is 8.25. The molecule has 1 fully saturated rings. The summed E-state index contributed by atoms with van der Waals surface area (Å²) >= 11 is 1.34. The Balaban J connectivity index is 0.00000261. The number of benzene rings is 1. The molecular weight excluding hydrogens is 401 g/mol. The molecule has 1 aromatic heterocycles. The van der Waals surface area contributed by atoms with Crippen LogP contribution >= 0.6 is 23.7 Å². The van der Waals surface area contributed by atoms with Gasteiger partial charge in [0.15, 0.2) is 0 Å². The Kier molecular flexibility index (Phi) is 7.13. The highest BCUT2D eigenvalue weighted by Gasteiger charge is 2.31. The van der Waals surface area contributed by atoms with Gasteiger partial charge in [-0.25, -0.2) is 0 Å². The molecule has 0 saturated carbocycles. The van der Waals surface area contributed by atoms with E-state index in [9.17, 15) is 18.0 Å². The third-order valence-corrected chi connectivity index (χ3v) is 5.38. The van der Waals surface area contributed by atoms with Crippen LogP contribution < -0.4 is 10.1 Å². The van der Waals surface area contributed by atoms with Crippen LogP contribution in [0.15, 0.2) is 36.4 Å². The van der Waals surface area contributed by atoms with Crippen LogP contribution in [0.25, 0.3) is 10.4 Å². The molecule has 0 radical (unpaired) electrons. The molecule has 1 atom stereocenters. The normalized spacial score (nSPS) is 16.9. The maximum atomic E-state index is 12.6. The molecule has 1 aliphatic heterocycles. The molecule has 1 amide bonds. The van der Waals surface area contributed by atoms with E-state index in [1.807, 2.05) is 18.0 Å². The number of carbonyl (C=O) groups excluding carboxylic acids is 1. The average Bonchev–Trinajstić information content (AvgIpc) is 3.23. The highest BCUT2D eigenvalue weighted by Crippen LogP contribution is 2.32. The molecular formula is C18H20ClF3N2O2S. The van der Waals surface area contributed by atoms with Gasteiger partial charge in [0, 0.05) is 18.0 Å². The second-order valence-electron chi connectivity index (χ2n) is 6.20. The lowest BCUT2D eigenvalue weighted by Gasteiger charge is -2.15. The zero-order chi connectivity index (χ0) is 18.7. The number of halogens is 4. The summed E-state index contributed by atoms with van der Waals surface area (Å²) in [4.78, 5) is 16.0. The van der Waals surface area contributed by atoms with E-state index >= 15 is 0 Å². The van der Waals surface area contributed by atoms with Crippen LogP contribution in [0.4, 0.5) is 13.2 Å². The van der Waals surface area contributed by atoms with Gasteiger partial charge in [0.1, 0.15) is 5.75 Å². The molecule has 9 heteroatoms. The zero-order valence-corrected chi connectivity index (χ0v) is 16.2. The van der Waals surface area contributed by atoms with Crippen LogP contribution in [0.5, 0.6) is 5.75 Å². The predicted octanol–water partition coefficient (Wildman–Crippen LogP) is 4.42. The molecule has 27 heavy (non-hydrogen) atoms. The number of alkyl halides is 3. The molecule has 2 heterocycles. The molecule has 148 valence electrons. The van der Waals surface area contributed by atoms with Crippen LogP contribution in [-0.4, -0.2) is 43.9 Å². The van der Waals surface area contributed by atoms with Gasteiger partial charge in [-0.3, -0.25) is 4.79 Å². The molecule has 0 aliphatic carbocycles. The first-order valence-corrected chi connectivity index (χ1v) is 9.07. The van der Waals surface area contributed by atoms with E-state index in [2.05, 4.69) is 10.1 Å². The van der Waals surface area contributed by atoms with Crippen molar-refractivity contribution in [1.29, 1.82) is 0 Å². The first-order chi connectivity index (χ1) is 12.4. The van der Waals surface area contributed by atoms with Gasteiger partial charge < -0.3 is 15.0 Å². The summed E-state index contributed by atoms with van der Waals surface area (Å²) in [6.45, 7) is 2.39. The van der Waals surface area contributed by atoms with E-state index in [1.165, 1.54) is 23.5 Å². The Morgan fingerprint density at radius 3 is 2.59 bits per heavy atom. The van der Waals surface area contributed by atoms with Crippen molar-refractivity contribution in [2.75, 3.05) is 26.7 Å². The molecule has 0 spiro atoms. The van der Waals surface area contributed by atoms with Crippen molar-refractivity contribution in [2.24, 2.45) is 5.92 Å². The largest absolute Gasteiger partial charge is 0.573 e. The number of nitrogens with one attached hydrogen (secondary N) is 1. The number of ether oxygens (including phenoxy) is 1. The molecule has 1 N–H and O–H groups in total. The third-order valence-electron chi connectivity index (χ3n) is 4.26. The van der Waals surface area contributed by atoms with Gasteiger partial charge in [-0.05, 0) is 67.9 Å². The molecule has 1 unspecified atom stereocenters. The number of hydrogen-bond donors (Lipinski definition) is 1. The lowest BCUT2D eigenvalue weighted by atomic mass is 10.1. The van der Waals surface area contributed by atoms with Crippen molar-refractivity contribution in [3.63, 3.8) is 0 Å². The average molecular weight is 421 g/mol. The number of nitrogens with zero attached hydrogens (tertiary/aromatic N) is 1. The summed E-state index contributed by atoms with van der Waals surface area (Å²) in [5.41, 5.74) is 0.748. The molecule has 0 bridgehead atoms. The second-order valence-corrected chi connectivity index (χ2v) is 7.28. The van der Waals surface area contributed by atoms with E-state index in [4.69, 9.17) is 0 Å². The number of likely N-dealkylation sites (tertiary alicyclic amines) is 1. The number of rotatable bonds is 5. The maximum Gasteiger partial charge on any atom is 0.573 e. The fraction of sp³-hybridized carbons (Fsp3) is 0.389. The highest BCUT2D eigenvalue weighted by atomic mass is 35.5. The smallest absolute Gasteiger partial charge is 0.406 e. The van der Waals surface area contributed by atoms with Crippen molar-refractivity contribution >= 4 is 29.7 Å². The fourth-order valence-electron chi connectivity index (χ4n) is 3.06. The highest BCUT2D eigenvalue weighted by molar-refractivity contribution is 7.17. The van der Waals surface area contributed by atoms with Crippen LogP contribution in [-0.2, 0) is 0 Å². The summed E-state index contributed by atoms with van der Waals surface area (Å²) < 4.78 is 40.5. The van der Waals surface area contributed by atoms with Gasteiger partial charge in [0.2, 0.25) is 0 Å². The van der Waals surface area contributed by atoms with Gasteiger partial charge in [-0.1, -0.05) is 0 Å². The molecule has 1 saturated heterocycles. The monoisotopic (exact) mass is 420 g/mol. The minimum atomic E-state index is -4.70. The topological polar surface area (TPSA) is 41.6 Å². The van der Waals surface area contributed by atoms with Gasteiger partial charge in [0.05, 0.1) is 4.88 Å². The van der Waals surface area contributed by atoms with Crippen molar-refractivity contribution in [3.05, 3.63) is 41.3 Å². The minimum absolute atomic E-state index is 0. The summed E-state index contributed by atoms with van der Waals surface area (Å²) in [5, 5.41) is 3.14. The van der Waals surface area contributed by atoms with Crippen LogP contribution in [0.3, 0.4) is 0 Å². The number of amides is 1. The third kappa shape index (κ3) is 5.60. The summed E-state index contributed by atoms with van der Waals surface area (Å²) in [5.74, 6) is 0.225. The first kappa shape index (κ1) is 21.5. The van der Waals surface area contributed by atoms with Gasteiger partial charge in [-0.2, -0.15) is 0 Å². The fourth-order valence-corrected chi connectivity index (χ4v) is 4.04. The SMILES string of the molecule is CNCC1CCN(C(=O)c2ccc(-c3ccc(OC(F)(F)F)cc3)s2)C1.Cl. The van der Waals surface area contributed by atoms with Gasteiger partial charge in [0.25, 0.3) is 5.91 Å². The maximum absolute atomic E-state index is 12.6. The van der Waals surface area contributed by atoms with E-state index in [0.717, 1.165) is 36.5 Å². The van der Waals surface area contributed by atoms with Crippen LogP contribution in [0, 0.1) is 5.92 Å². The lowest BCUT2D eigenvalue weighted by Crippen LogP contribution is -2.29. The van der Waals surface area contributed by atoms with Crippen molar-refractivity contribution < 1.29 is 22.7 Å². The van der Waals surface area contributed by atoms with Gasteiger partial charge >= 0.3 is 6.36 Å². The Hall–Kier alpha value is -1.77. The number of thiophene rings is 1. The quantitative estimate of drug-likeness (QED) is 0.778. The predicted molar refractivity (Wildman–Crippen MR) is 102 cm³/mol. The van der Waals surface area contributed by atoms with E-state index in [-0.39, 0.29) is 24.1 Å². The molecule has 4 nitrogen and oxygen atoms in total. The minimum Gasteiger partial charge on any atom is -0.406 e. The van der Waals surface area contributed by atoms with Crippen LogP contribution in [0.1, 0.15) is 16.1 Å². The second kappa shape index (κ2) is 8.95. The van der Waals surface area contributed by atoms with Crippen molar-refractivity contribution in [1.82, 2.24) is 10.2 Å². The van der Waals surface area contributed by atoms with E-state index in [0.29, 0.717) is 10.8 Å². The van der Waals surface area contributed by atoms with Crippen LogP contribution in [0.2, 0.25) is 0 Å². The lowest BCUT2D eigenvalue weighted by molar-refractivity contribution is -0.274. The Morgan fingerprint density at radius 2 is 1.96 bits per heavy atom. The standard InChI is InChI=1S/C18H19F3N2O2S.ClH/c1-22-10-12-8-9-23(11-12)17(24)16-7-6-15(26-16)13-2-4-14(5-3-13)25-18(19,20)21;/h2-7,12,22H,8-11H2,1H3;1H. The summed E-state index contributed by atoms with van der Waals surface area (Å²) in [6, 6.07) is 9.24. The Bertz CT molecular complexity index is 765. The Morgan fingerprint density at radius 1 is 1.26 bits per heavy atom. The number of hydrogen-bond acceptors (Lipinski definition) is 4. The Labute approximate surface area is 165 Å². The molecule has 3 rings (SSSR count). The summed E-state index contributed by atoms with van der Waals surface area (Å²) in [6.07, 6.45) is -3.71. The molecule has 2 aromatic rings. The van der Waals surface area contributed by atoms with Crippen molar-refractivity contribution in [2.45, 2.75) is 12.8 Å². The van der Waals surface area contributed by atoms with Gasteiger partial charge in [-0.15, -0.1) is 36.9 Å². The van der Waals surface area contributed by atoms with E-state index in [1.54, 1.807) is 18.2 Å². The zero-order valence-electron chi connectivity index (χ0n) is 14.6. The van der Waals surface area contributed by atoms with E-state index < -0.39 is 6.36 Å². The molecule has 1 aromatic carbocycles. The molecule has 1 aliphatic rings. The number of carbonyl (C=O) groups is 1.